The van der Waals surface area contributed by atoms with E-state index in [9.17, 15) is 18.0 Å². The lowest BCUT2D eigenvalue weighted by molar-refractivity contribution is -0.136. The van der Waals surface area contributed by atoms with Crippen LogP contribution < -0.4 is 5.32 Å². The van der Waals surface area contributed by atoms with Gasteiger partial charge in [-0.2, -0.15) is 13.2 Å². The molecule has 1 heterocycles. The highest BCUT2D eigenvalue weighted by molar-refractivity contribution is 7.22. The minimum absolute atomic E-state index is 0.137. The molecule has 3 nitrogen and oxygen atoms in total. The fraction of sp³-hybridized carbons (Fsp3) is 0.300. The average molecular weight is 425 g/mol. The molecule has 1 N–H and O–H groups in total. The van der Waals surface area contributed by atoms with Gasteiger partial charge in [0.15, 0.2) is 5.13 Å². The zero-order valence-electron chi connectivity index (χ0n) is 14.6. The first-order valence-electron chi connectivity index (χ1n) is 8.84. The van der Waals surface area contributed by atoms with Gasteiger partial charge >= 0.3 is 6.18 Å². The number of hydrogen-bond acceptors (Lipinski definition) is 3. The van der Waals surface area contributed by atoms with Crippen LogP contribution in [0.1, 0.15) is 36.8 Å². The quantitative estimate of drug-likeness (QED) is 0.527. The Bertz CT molecular complexity index is 1020. The van der Waals surface area contributed by atoms with E-state index in [1.54, 1.807) is 18.2 Å². The van der Waals surface area contributed by atoms with Crippen molar-refractivity contribution in [1.29, 1.82) is 0 Å². The van der Waals surface area contributed by atoms with E-state index in [2.05, 4.69) is 10.3 Å². The molecule has 2 aromatic carbocycles. The lowest BCUT2D eigenvalue weighted by Gasteiger charge is -2.27. The number of nitrogens with zero attached hydrogens (tertiary/aromatic N) is 1. The Morgan fingerprint density at radius 3 is 2.43 bits per heavy atom. The van der Waals surface area contributed by atoms with E-state index in [0.29, 0.717) is 22.6 Å². The number of nitrogens with one attached hydrogen (secondary N) is 1. The Kier molecular flexibility index (Phi) is 4.83. The Hall–Kier alpha value is -2.12. The lowest BCUT2D eigenvalue weighted by atomic mass is 9.78. The summed E-state index contributed by atoms with van der Waals surface area (Å²) >= 11 is 7.02. The number of para-hydroxylation sites is 1. The summed E-state index contributed by atoms with van der Waals surface area (Å²) in [7, 11) is 0. The molecular weight excluding hydrogens is 409 g/mol. The van der Waals surface area contributed by atoms with Crippen molar-refractivity contribution in [3.63, 3.8) is 0 Å². The summed E-state index contributed by atoms with van der Waals surface area (Å²) in [4.78, 5) is 17.3. The molecule has 0 radical (unpaired) electrons. The van der Waals surface area contributed by atoms with Crippen LogP contribution in [-0.4, -0.2) is 10.9 Å². The second-order valence-corrected chi connectivity index (χ2v) is 8.39. The first-order chi connectivity index (χ1) is 13.3. The zero-order chi connectivity index (χ0) is 19.9. The monoisotopic (exact) mass is 424 g/mol. The molecule has 1 fully saturated rings. The van der Waals surface area contributed by atoms with Gasteiger partial charge < -0.3 is 5.32 Å². The number of fused-ring (bicyclic) bond motifs is 1. The number of amides is 1. The molecule has 0 unspecified atom stereocenters. The largest absolute Gasteiger partial charge is 0.418 e. The third-order valence-corrected chi connectivity index (χ3v) is 6.42. The molecular formula is C20H16ClF3N2OS. The maximum absolute atomic E-state index is 13.2. The van der Waals surface area contributed by atoms with E-state index >= 15 is 0 Å². The number of carbonyl (C=O) groups is 1. The molecule has 0 bridgehead atoms. The van der Waals surface area contributed by atoms with Crippen molar-refractivity contribution >= 4 is 44.2 Å². The van der Waals surface area contributed by atoms with Crippen molar-refractivity contribution < 1.29 is 18.0 Å². The van der Waals surface area contributed by atoms with Gasteiger partial charge in [-0.25, -0.2) is 4.98 Å². The fourth-order valence-electron chi connectivity index (χ4n) is 3.84. The van der Waals surface area contributed by atoms with Crippen LogP contribution in [0.15, 0.2) is 42.5 Å². The summed E-state index contributed by atoms with van der Waals surface area (Å²) in [6.45, 7) is 0. The molecule has 1 saturated carbocycles. The Labute approximate surface area is 168 Å². The predicted octanol–water partition coefficient (Wildman–Crippen LogP) is 6.42. The minimum Gasteiger partial charge on any atom is -0.301 e. The number of carbonyl (C=O) groups excluding carboxylic acids is 1. The predicted molar refractivity (Wildman–Crippen MR) is 105 cm³/mol. The third-order valence-electron chi connectivity index (χ3n) is 5.23. The molecule has 146 valence electrons. The molecule has 28 heavy (non-hydrogen) atoms. The number of benzene rings is 2. The third kappa shape index (κ3) is 3.37. The van der Waals surface area contributed by atoms with Gasteiger partial charge in [0, 0.05) is 5.02 Å². The van der Waals surface area contributed by atoms with E-state index in [1.807, 2.05) is 12.1 Å². The molecule has 0 saturated heterocycles. The SMILES string of the molecule is O=C(Nc1nc2c(C(F)(F)F)cccc2s1)C1(c2ccc(Cl)cc2)CCCC1. The molecule has 1 amide bonds. The number of aromatic nitrogens is 1. The first-order valence-corrected chi connectivity index (χ1v) is 10.0. The lowest BCUT2D eigenvalue weighted by Crippen LogP contribution is -2.37. The number of halogens is 4. The maximum atomic E-state index is 13.2. The standard InChI is InChI=1S/C20H16ClF3N2OS/c21-13-8-6-12(7-9-13)19(10-1-2-11-19)17(27)26-18-25-16-14(20(22,23)24)4-3-5-15(16)28-18/h3-9H,1-2,10-11H2,(H,25,26,27). The molecule has 0 spiro atoms. The van der Waals surface area contributed by atoms with Gasteiger partial charge in [0.2, 0.25) is 5.91 Å². The van der Waals surface area contributed by atoms with Gasteiger partial charge in [0.1, 0.15) is 0 Å². The van der Waals surface area contributed by atoms with Crippen molar-refractivity contribution in [3.8, 4) is 0 Å². The normalized spacial score (nSPS) is 16.4. The second-order valence-electron chi connectivity index (χ2n) is 6.92. The number of anilines is 1. The molecule has 1 aliphatic carbocycles. The number of rotatable bonds is 3. The van der Waals surface area contributed by atoms with Crippen LogP contribution in [0.25, 0.3) is 10.2 Å². The van der Waals surface area contributed by atoms with Gasteiger partial charge in [-0.1, -0.05) is 54.0 Å². The van der Waals surface area contributed by atoms with Crippen molar-refractivity contribution in [2.24, 2.45) is 0 Å². The van der Waals surface area contributed by atoms with Gasteiger partial charge in [-0.15, -0.1) is 0 Å². The van der Waals surface area contributed by atoms with Gasteiger partial charge in [0.05, 0.1) is 21.2 Å². The molecule has 1 aromatic heterocycles. The molecule has 0 aliphatic heterocycles. The number of thiazole rings is 1. The average Bonchev–Trinajstić information content (AvgIpc) is 3.28. The van der Waals surface area contributed by atoms with Crippen molar-refractivity contribution in [2.75, 3.05) is 5.32 Å². The molecule has 3 aromatic rings. The van der Waals surface area contributed by atoms with Crippen LogP contribution >= 0.6 is 22.9 Å². The Morgan fingerprint density at radius 1 is 1.11 bits per heavy atom. The summed E-state index contributed by atoms with van der Waals surface area (Å²) in [6, 6.07) is 11.1. The summed E-state index contributed by atoms with van der Waals surface area (Å²) in [5, 5.41) is 3.54. The minimum atomic E-state index is -4.50. The van der Waals surface area contributed by atoms with Crippen molar-refractivity contribution in [2.45, 2.75) is 37.3 Å². The number of alkyl halides is 3. The Morgan fingerprint density at radius 2 is 1.79 bits per heavy atom. The summed E-state index contributed by atoms with van der Waals surface area (Å²) in [5.41, 5.74) is -0.781. The van der Waals surface area contributed by atoms with E-state index in [0.717, 1.165) is 35.8 Å². The highest BCUT2D eigenvalue weighted by atomic mass is 35.5. The summed E-state index contributed by atoms with van der Waals surface area (Å²) < 4.78 is 40.0. The maximum Gasteiger partial charge on any atom is 0.418 e. The van der Waals surface area contributed by atoms with Crippen LogP contribution in [0, 0.1) is 0 Å². The smallest absolute Gasteiger partial charge is 0.301 e. The molecule has 4 rings (SSSR count). The van der Waals surface area contributed by atoms with Crippen LogP contribution in [0.4, 0.5) is 18.3 Å². The zero-order valence-corrected chi connectivity index (χ0v) is 16.2. The van der Waals surface area contributed by atoms with Crippen LogP contribution in [0.3, 0.4) is 0 Å². The first kappa shape index (κ1) is 19.2. The molecule has 8 heteroatoms. The van der Waals surface area contributed by atoms with E-state index < -0.39 is 17.2 Å². The van der Waals surface area contributed by atoms with E-state index in [-0.39, 0.29) is 16.6 Å². The topological polar surface area (TPSA) is 42.0 Å². The van der Waals surface area contributed by atoms with Crippen LogP contribution in [0.5, 0.6) is 0 Å². The highest BCUT2D eigenvalue weighted by Gasteiger charge is 2.43. The van der Waals surface area contributed by atoms with Crippen LogP contribution in [0.2, 0.25) is 5.02 Å². The van der Waals surface area contributed by atoms with Crippen molar-refractivity contribution in [1.82, 2.24) is 4.98 Å². The van der Waals surface area contributed by atoms with E-state index in [1.165, 1.54) is 6.07 Å². The Balaban J connectivity index is 1.68. The van der Waals surface area contributed by atoms with Crippen LogP contribution in [-0.2, 0) is 16.4 Å². The van der Waals surface area contributed by atoms with Gasteiger partial charge in [0.25, 0.3) is 0 Å². The van der Waals surface area contributed by atoms with Crippen molar-refractivity contribution in [3.05, 3.63) is 58.6 Å². The van der Waals surface area contributed by atoms with Gasteiger partial charge in [-0.05, 0) is 42.7 Å². The van der Waals surface area contributed by atoms with Gasteiger partial charge in [-0.3, -0.25) is 4.79 Å². The van der Waals surface area contributed by atoms with E-state index in [4.69, 9.17) is 11.6 Å². The summed E-state index contributed by atoms with van der Waals surface area (Å²) in [6.07, 6.45) is -1.31. The fourth-order valence-corrected chi connectivity index (χ4v) is 4.86. The second kappa shape index (κ2) is 7.04. The summed E-state index contributed by atoms with van der Waals surface area (Å²) in [5.74, 6) is -0.236. The molecule has 0 atom stereocenters. The molecule has 1 aliphatic rings. The highest BCUT2D eigenvalue weighted by Crippen LogP contribution is 2.43. The number of hydrogen-bond donors (Lipinski definition) is 1.